The van der Waals surface area contributed by atoms with E-state index in [4.69, 9.17) is 11.6 Å². The highest BCUT2D eigenvalue weighted by molar-refractivity contribution is 9.10. The fraction of sp³-hybridized carbons (Fsp3) is 0.143. The molecule has 1 N–H and O–H groups in total. The molecular formula is C14H10BrClF2O. The molecule has 0 saturated carbocycles. The smallest absolute Gasteiger partial charge is 0.129 e. The summed E-state index contributed by atoms with van der Waals surface area (Å²) in [5.74, 6) is -1.05. The van der Waals surface area contributed by atoms with Gasteiger partial charge in [0.05, 0.1) is 6.10 Å². The van der Waals surface area contributed by atoms with Crippen LogP contribution in [0.1, 0.15) is 17.2 Å². The molecular weight excluding hydrogens is 338 g/mol. The maximum absolute atomic E-state index is 13.6. The molecule has 0 saturated heterocycles. The van der Waals surface area contributed by atoms with Gasteiger partial charge in [-0.05, 0) is 30.3 Å². The van der Waals surface area contributed by atoms with Gasteiger partial charge in [0.15, 0.2) is 0 Å². The minimum Gasteiger partial charge on any atom is -0.388 e. The first-order valence-corrected chi connectivity index (χ1v) is 6.72. The van der Waals surface area contributed by atoms with Gasteiger partial charge in [0.25, 0.3) is 0 Å². The zero-order chi connectivity index (χ0) is 14.0. The van der Waals surface area contributed by atoms with Crippen LogP contribution >= 0.6 is 27.5 Å². The Morgan fingerprint density at radius 3 is 2.58 bits per heavy atom. The van der Waals surface area contributed by atoms with Crippen LogP contribution in [0.15, 0.2) is 40.9 Å². The van der Waals surface area contributed by atoms with Crippen LogP contribution in [0, 0.1) is 11.6 Å². The maximum atomic E-state index is 13.6. The van der Waals surface area contributed by atoms with Crippen molar-refractivity contribution < 1.29 is 13.9 Å². The summed E-state index contributed by atoms with van der Waals surface area (Å²) in [6, 6.07) is 8.50. The van der Waals surface area contributed by atoms with E-state index in [2.05, 4.69) is 15.9 Å². The van der Waals surface area contributed by atoms with Gasteiger partial charge in [-0.15, -0.1) is 0 Å². The molecule has 0 bridgehead atoms. The monoisotopic (exact) mass is 346 g/mol. The average Bonchev–Trinajstić information content (AvgIpc) is 2.37. The van der Waals surface area contributed by atoms with Crippen molar-refractivity contribution in [1.29, 1.82) is 0 Å². The molecule has 2 rings (SSSR count). The SMILES string of the molecule is OC(Cc1c(F)cccc1Cl)c1cc(Br)ccc1F. The minimum absolute atomic E-state index is 0.0844. The molecule has 0 amide bonds. The second kappa shape index (κ2) is 5.99. The van der Waals surface area contributed by atoms with E-state index in [1.165, 1.54) is 36.4 Å². The fourth-order valence-corrected chi connectivity index (χ4v) is 2.42. The maximum Gasteiger partial charge on any atom is 0.129 e. The quantitative estimate of drug-likeness (QED) is 0.856. The third-order valence-corrected chi connectivity index (χ3v) is 3.62. The Balaban J connectivity index is 2.31. The Hall–Kier alpha value is -0.970. The lowest BCUT2D eigenvalue weighted by molar-refractivity contribution is 0.172. The molecule has 2 aromatic rings. The second-order valence-electron chi connectivity index (χ2n) is 4.09. The van der Waals surface area contributed by atoms with Crippen molar-refractivity contribution in [2.75, 3.05) is 0 Å². The largest absolute Gasteiger partial charge is 0.388 e. The highest BCUT2D eigenvalue weighted by Crippen LogP contribution is 2.28. The van der Waals surface area contributed by atoms with Gasteiger partial charge < -0.3 is 5.11 Å². The molecule has 0 fully saturated rings. The lowest BCUT2D eigenvalue weighted by Crippen LogP contribution is -2.06. The fourth-order valence-electron chi connectivity index (χ4n) is 1.80. The van der Waals surface area contributed by atoms with E-state index in [1.807, 2.05) is 0 Å². The van der Waals surface area contributed by atoms with Crippen LogP contribution in [0.5, 0.6) is 0 Å². The molecule has 0 heterocycles. The number of aliphatic hydroxyl groups excluding tert-OH is 1. The number of rotatable bonds is 3. The number of halogens is 4. The first-order valence-electron chi connectivity index (χ1n) is 5.55. The molecule has 0 radical (unpaired) electrons. The Labute approximate surface area is 123 Å². The molecule has 1 atom stereocenters. The van der Waals surface area contributed by atoms with Gasteiger partial charge in [-0.1, -0.05) is 33.6 Å². The predicted molar refractivity (Wildman–Crippen MR) is 74.2 cm³/mol. The molecule has 0 aromatic heterocycles. The predicted octanol–water partition coefficient (Wildman–Crippen LogP) is 4.66. The topological polar surface area (TPSA) is 20.2 Å². The van der Waals surface area contributed by atoms with Gasteiger partial charge in [0.1, 0.15) is 11.6 Å². The molecule has 1 unspecified atom stereocenters. The Bertz CT molecular complexity index is 584. The van der Waals surface area contributed by atoms with Crippen molar-refractivity contribution in [3.63, 3.8) is 0 Å². The Kier molecular flexibility index (Phi) is 4.55. The Morgan fingerprint density at radius 1 is 1.16 bits per heavy atom. The van der Waals surface area contributed by atoms with E-state index in [-0.39, 0.29) is 22.6 Å². The van der Waals surface area contributed by atoms with E-state index in [0.717, 1.165) is 0 Å². The lowest BCUT2D eigenvalue weighted by atomic mass is 10.0. The van der Waals surface area contributed by atoms with Gasteiger partial charge in [-0.3, -0.25) is 0 Å². The number of hydrogen-bond donors (Lipinski definition) is 1. The van der Waals surface area contributed by atoms with Gasteiger partial charge in [0, 0.05) is 27.0 Å². The molecule has 0 aliphatic carbocycles. The highest BCUT2D eigenvalue weighted by atomic mass is 79.9. The molecule has 1 nitrogen and oxygen atoms in total. The normalized spacial score (nSPS) is 12.5. The number of benzene rings is 2. The van der Waals surface area contributed by atoms with Crippen LogP contribution in [0.2, 0.25) is 5.02 Å². The van der Waals surface area contributed by atoms with Crippen LogP contribution < -0.4 is 0 Å². The van der Waals surface area contributed by atoms with Crippen LogP contribution in [0.3, 0.4) is 0 Å². The molecule has 19 heavy (non-hydrogen) atoms. The van der Waals surface area contributed by atoms with E-state index in [0.29, 0.717) is 4.47 Å². The summed E-state index contributed by atoms with van der Waals surface area (Å²) < 4.78 is 27.9. The molecule has 5 heteroatoms. The lowest BCUT2D eigenvalue weighted by Gasteiger charge is -2.14. The summed E-state index contributed by atoms with van der Waals surface area (Å²) in [5.41, 5.74) is 0.282. The van der Waals surface area contributed by atoms with Crippen molar-refractivity contribution in [3.05, 3.63) is 68.7 Å². The minimum atomic E-state index is -1.16. The van der Waals surface area contributed by atoms with Crippen LogP contribution in [0.25, 0.3) is 0 Å². The summed E-state index contributed by atoms with van der Waals surface area (Å²) in [6.07, 6.45) is -1.24. The van der Waals surface area contributed by atoms with Crippen LogP contribution in [-0.4, -0.2) is 5.11 Å². The van der Waals surface area contributed by atoms with Crippen molar-refractivity contribution >= 4 is 27.5 Å². The van der Waals surface area contributed by atoms with Crippen LogP contribution in [-0.2, 0) is 6.42 Å². The first-order chi connectivity index (χ1) is 8.99. The summed E-state index contributed by atoms with van der Waals surface area (Å²) in [4.78, 5) is 0. The molecule has 0 spiro atoms. The zero-order valence-electron chi connectivity index (χ0n) is 9.71. The zero-order valence-corrected chi connectivity index (χ0v) is 12.0. The third kappa shape index (κ3) is 3.32. The van der Waals surface area contributed by atoms with E-state index < -0.39 is 17.7 Å². The summed E-state index contributed by atoms with van der Waals surface area (Å²) in [6.45, 7) is 0. The average molecular weight is 348 g/mol. The van der Waals surface area contributed by atoms with E-state index in [9.17, 15) is 13.9 Å². The second-order valence-corrected chi connectivity index (χ2v) is 5.41. The molecule has 100 valence electrons. The molecule has 0 aliphatic rings. The van der Waals surface area contributed by atoms with Crippen molar-refractivity contribution in [1.82, 2.24) is 0 Å². The highest BCUT2D eigenvalue weighted by Gasteiger charge is 2.17. The number of hydrogen-bond acceptors (Lipinski definition) is 1. The van der Waals surface area contributed by atoms with Gasteiger partial charge in [-0.25, -0.2) is 8.78 Å². The summed E-state index contributed by atoms with van der Waals surface area (Å²) >= 11 is 9.08. The summed E-state index contributed by atoms with van der Waals surface area (Å²) in [7, 11) is 0. The Morgan fingerprint density at radius 2 is 1.89 bits per heavy atom. The van der Waals surface area contributed by atoms with Gasteiger partial charge >= 0.3 is 0 Å². The van der Waals surface area contributed by atoms with E-state index >= 15 is 0 Å². The van der Waals surface area contributed by atoms with E-state index in [1.54, 1.807) is 0 Å². The molecule has 2 aromatic carbocycles. The standard InChI is InChI=1S/C14H10BrClF2O/c15-8-4-5-13(18)10(6-8)14(19)7-9-11(16)2-1-3-12(9)17/h1-6,14,19H,7H2. The van der Waals surface area contributed by atoms with Gasteiger partial charge in [-0.2, -0.15) is 0 Å². The third-order valence-electron chi connectivity index (χ3n) is 2.78. The number of aliphatic hydroxyl groups is 1. The van der Waals surface area contributed by atoms with Crippen molar-refractivity contribution in [2.45, 2.75) is 12.5 Å². The van der Waals surface area contributed by atoms with Crippen molar-refractivity contribution in [3.8, 4) is 0 Å². The van der Waals surface area contributed by atoms with Gasteiger partial charge in [0.2, 0.25) is 0 Å². The summed E-state index contributed by atoms with van der Waals surface area (Å²) in [5, 5.41) is 10.3. The first kappa shape index (κ1) is 14.4. The van der Waals surface area contributed by atoms with Crippen LogP contribution in [0.4, 0.5) is 8.78 Å². The molecule has 0 aliphatic heterocycles. The van der Waals surface area contributed by atoms with Crippen molar-refractivity contribution in [2.24, 2.45) is 0 Å².